The van der Waals surface area contributed by atoms with Crippen LogP contribution in [0.15, 0.2) is 47.1 Å². The van der Waals surface area contributed by atoms with Gasteiger partial charge in [0.2, 0.25) is 0 Å². The van der Waals surface area contributed by atoms with Crippen molar-refractivity contribution in [3.05, 3.63) is 48.4 Å². The van der Waals surface area contributed by atoms with Gasteiger partial charge >= 0.3 is 6.61 Å². The van der Waals surface area contributed by atoms with Crippen LogP contribution >= 0.6 is 0 Å². The molecule has 0 bridgehead atoms. The van der Waals surface area contributed by atoms with Crippen molar-refractivity contribution >= 4 is 5.69 Å². The van der Waals surface area contributed by atoms with Crippen LogP contribution in [-0.2, 0) is 6.42 Å². The second-order valence-corrected chi connectivity index (χ2v) is 4.23. The lowest BCUT2D eigenvalue weighted by atomic mass is 10.2. The molecule has 1 N–H and O–H groups in total. The van der Waals surface area contributed by atoms with E-state index in [4.69, 9.17) is 4.42 Å². The molecule has 0 aliphatic carbocycles. The highest BCUT2D eigenvalue weighted by molar-refractivity contribution is 5.47. The third-order valence-electron chi connectivity index (χ3n) is 2.58. The van der Waals surface area contributed by atoms with Gasteiger partial charge in [0, 0.05) is 18.2 Å². The Morgan fingerprint density at radius 1 is 1.21 bits per heavy atom. The van der Waals surface area contributed by atoms with E-state index in [9.17, 15) is 8.78 Å². The standard InChI is InChI=1S/C14H15F2NO2/c1-10(9-13-3-2-8-18-13)17-11-4-6-12(7-5-11)19-14(15)16/h2-8,10,14,17H,9H2,1H3. The zero-order chi connectivity index (χ0) is 13.7. The fourth-order valence-corrected chi connectivity index (χ4v) is 1.80. The molecule has 102 valence electrons. The number of furan rings is 1. The van der Waals surface area contributed by atoms with Crippen LogP contribution in [0.2, 0.25) is 0 Å². The smallest absolute Gasteiger partial charge is 0.387 e. The molecule has 0 amide bonds. The van der Waals surface area contributed by atoms with Crippen LogP contribution in [0.25, 0.3) is 0 Å². The molecule has 0 aliphatic heterocycles. The van der Waals surface area contributed by atoms with Gasteiger partial charge in [0.05, 0.1) is 6.26 Å². The number of rotatable bonds is 6. The van der Waals surface area contributed by atoms with Crippen molar-refractivity contribution < 1.29 is 17.9 Å². The van der Waals surface area contributed by atoms with Crippen molar-refractivity contribution in [2.45, 2.75) is 26.0 Å². The van der Waals surface area contributed by atoms with E-state index < -0.39 is 6.61 Å². The number of halogens is 2. The molecule has 1 aromatic heterocycles. The molecular formula is C14H15F2NO2. The second-order valence-electron chi connectivity index (χ2n) is 4.23. The van der Waals surface area contributed by atoms with Gasteiger partial charge in [-0.05, 0) is 43.3 Å². The van der Waals surface area contributed by atoms with Crippen LogP contribution in [0.4, 0.5) is 14.5 Å². The van der Waals surface area contributed by atoms with Crippen LogP contribution < -0.4 is 10.1 Å². The highest BCUT2D eigenvalue weighted by atomic mass is 19.3. The summed E-state index contributed by atoms with van der Waals surface area (Å²) >= 11 is 0. The Morgan fingerprint density at radius 3 is 2.53 bits per heavy atom. The van der Waals surface area contributed by atoms with Crippen molar-refractivity contribution in [3.63, 3.8) is 0 Å². The van der Waals surface area contributed by atoms with Crippen molar-refractivity contribution in [2.75, 3.05) is 5.32 Å². The number of anilines is 1. The Morgan fingerprint density at radius 2 is 1.95 bits per heavy atom. The van der Waals surface area contributed by atoms with Gasteiger partial charge in [0.1, 0.15) is 11.5 Å². The molecule has 0 saturated heterocycles. The first-order valence-corrected chi connectivity index (χ1v) is 5.97. The molecule has 2 rings (SSSR count). The zero-order valence-electron chi connectivity index (χ0n) is 10.5. The van der Waals surface area contributed by atoms with Crippen molar-refractivity contribution in [3.8, 4) is 5.75 Å². The summed E-state index contributed by atoms with van der Waals surface area (Å²) in [4.78, 5) is 0. The molecule has 5 heteroatoms. The quantitative estimate of drug-likeness (QED) is 0.861. The first-order chi connectivity index (χ1) is 9.13. The predicted octanol–water partition coefficient (Wildman–Crippen LogP) is 3.92. The Balaban J connectivity index is 1.88. The first-order valence-electron chi connectivity index (χ1n) is 5.97. The Hall–Kier alpha value is -2.04. The average Bonchev–Trinajstić information content (AvgIpc) is 2.83. The normalized spacial score (nSPS) is 12.4. The van der Waals surface area contributed by atoms with Crippen LogP contribution in [0.1, 0.15) is 12.7 Å². The van der Waals surface area contributed by atoms with E-state index in [2.05, 4.69) is 10.1 Å². The molecule has 0 aliphatic rings. The van der Waals surface area contributed by atoms with Gasteiger partial charge in [-0.25, -0.2) is 0 Å². The fourth-order valence-electron chi connectivity index (χ4n) is 1.80. The van der Waals surface area contributed by atoms with E-state index in [0.29, 0.717) is 0 Å². The topological polar surface area (TPSA) is 34.4 Å². The summed E-state index contributed by atoms with van der Waals surface area (Å²) in [5.41, 5.74) is 0.848. The van der Waals surface area contributed by atoms with E-state index >= 15 is 0 Å². The molecule has 1 heterocycles. The molecule has 0 radical (unpaired) electrons. The number of benzene rings is 1. The van der Waals surface area contributed by atoms with Gasteiger partial charge in [-0.1, -0.05) is 0 Å². The highest BCUT2D eigenvalue weighted by Crippen LogP contribution is 2.18. The average molecular weight is 267 g/mol. The Labute approximate surface area is 110 Å². The van der Waals surface area contributed by atoms with Gasteiger partial charge in [0.15, 0.2) is 0 Å². The summed E-state index contributed by atoms with van der Waals surface area (Å²) in [7, 11) is 0. The maximum absolute atomic E-state index is 12.0. The third-order valence-corrected chi connectivity index (χ3v) is 2.58. The van der Waals surface area contributed by atoms with E-state index in [1.165, 1.54) is 12.1 Å². The van der Waals surface area contributed by atoms with Gasteiger partial charge in [-0.2, -0.15) is 8.78 Å². The van der Waals surface area contributed by atoms with Crippen molar-refractivity contribution in [2.24, 2.45) is 0 Å². The lowest BCUT2D eigenvalue weighted by molar-refractivity contribution is -0.0498. The molecule has 1 atom stereocenters. The Bertz CT molecular complexity index is 483. The van der Waals surface area contributed by atoms with Crippen molar-refractivity contribution in [1.82, 2.24) is 0 Å². The maximum atomic E-state index is 12.0. The number of hydrogen-bond acceptors (Lipinski definition) is 3. The fraction of sp³-hybridized carbons (Fsp3) is 0.286. The summed E-state index contributed by atoms with van der Waals surface area (Å²) in [5, 5.41) is 3.26. The number of ether oxygens (including phenoxy) is 1. The van der Waals surface area contributed by atoms with Crippen molar-refractivity contribution in [1.29, 1.82) is 0 Å². The van der Waals surface area contributed by atoms with Gasteiger partial charge in [0.25, 0.3) is 0 Å². The molecule has 0 spiro atoms. The van der Waals surface area contributed by atoms with E-state index in [-0.39, 0.29) is 11.8 Å². The van der Waals surface area contributed by atoms with Crippen LogP contribution in [0.3, 0.4) is 0 Å². The zero-order valence-corrected chi connectivity index (χ0v) is 10.5. The highest BCUT2D eigenvalue weighted by Gasteiger charge is 2.07. The molecule has 0 saturated carbocycles. The van der Waals surface area contributed by atoms with E-state index in [0.717, 1.165) is 17.9 Å². The minimum atomic E-state index is -2.79. The molecule has 19 heavy (non-hydrogen) atoms. The molecule has 0 fully saturated rings. The van der Waals surface area contributed by atoms with Gasteiger partial charge in [-0.3, -0.25) is 0 Å². The van der Waals surface area contributed by atoms with E-state index in [1.54, 1.807) is 18.4 Å². The van der Waals surface area contributed by atoms with Crippen LogP contribution in [-0.4, -0.2) is 12.7 Å². The third kappa shape index (κ3) is 4.28. The summed E-state index contributed by atoms with van der Waals surface area (Å²) in [6.45, 7) is -0.775. The lowest BCUT2D eigenvalue weighted by Gasteiger charge is -2.14. The van der Waals surface area contributed by atoms with Gasteiger partial charge in [-0.15, -0.1) is 0 Å². The summed E-state index contributed by atoms with van der Waals surface area (Å²) in [6, 6.07) is 10.4. The lowest BCUT2D eigenvalue weighted by Crippen LogP contribution is -2.17. The molecular weight excluding hydrogens is 252 g/mol. The molecule has 1 aromatic carbocycles. The number of alkyl halides is 2. The van der Waals surface area contributed by atoms with Crippen LogP contribution in [0, 0.1) is 0 Å². The second kappa shape index (κ2) is 6.22. The number of hydrogen-bond donors (Lipinski definition) is 1. The van der Waals surface area contributed by atoms with Gasteiger partial charge < -0.3 is 14.5 Å². The maximum Gasteiger partial charge on any atom is 0.387 e. The van der Waals surface area contributed by atoms with E-state index in [1.807, 2.05) is 19.1 Å². The summed E-state index contributed by atoms with van der Waals surface area (Å²) in [5.74, 6) is 1.05. The first kappa shape index (κ1) is 13.4. The summed E-state index contributed by atoms with van der Waals surface area (Å²) in [6.07, 6.45) is 2.39. The monoisotopic (exact) mass is 267 g/mol. The predicted molar refractivity (Wildman–Crippen MR) is 68.6 cm³/mol. The molecule has 3 nitrogen and oxygen atoms in total. The minimum absolute atomic E-state index is 0.152. The molecule has 2 aromatic rings. The SMILES string of the molecule is CC(Cc1ccco1)Nc1ccc(OC(F)F)cc1. The minimum Gasteiger partial charge on any atom is -0.469 e. The largest absolute Gasteiger partial charge is 0.469 e. The summed E-state index contributed by atoms with van der Waals surface area (Å²) < 4.78 is 33.5. The number of nitrogens with one attached hydrogen (secondary N) is 1. The van der Waals surface area contributed by atoms with Crippen LogP contribution in [0.5, 0.6) is 5.75 Å². The molecule has 1 unspecified atom stereocenters. The Kier molecular flexibility index (Phi) is 4.39.